The molecule has 0 radical (unpaired) electrons. The maximum atomic E-state index is 13.0. The van der Waals surface area contributed by atoms with Gasteiger partial charge in [-0.05, 0) is 51.4 Å². The second kappa shape index (κ2) is 44.4. The van der Waals surface area contributed by atoms with Crippen molar-refractivity contribution in [1.82, 2.24) is 0 Å². The zero-order valence-electron chi connectivity index (χ0n) is 42.7. The number of aliphatic hydroxyl groups is 2. The fourth-order valence-corrected chi connectivity index (χ4v) is 8.28. The summed E-state index contributed by atoms with van der Waals surface area (Å²) in [6, 6.07) is 0. The number of esters is 3. The Labute approximate surface area is 407 Å². The Balaban J connectivity index is 2.69. The second-order valence-electron chi connectivity index (χ2n) is 18.9. The number of aliphatic hydroxyl groups excluding tert-OH is 2. The number of rotatable bonds is 46. The number of hydrogen-bond acceptors (Lipinski definition) is 11. The van der Waals surface area contributed by atoms with Crippen LogP contribution in [-0.4, -0.2) is 89.2 Å². The maximum absolute atomic E-state index is 13.0. The van der Waals surface area contributed by atoms with Crippen molar-refractivity contribution in [1.29, 1.82) is 0 Å². The molecule has 6 atom stereocenters. The average Bonchev–Trinajstić information content (AvgIpc) is 3.31. The summed E-state index contributed by atoms with van der Waals surface area (Å²) in [5.41, 5.74) is 0. The van der Waals surface area contributed by atoms with E-state index in [1.807, 2.05) is 0 Å². The SMILES string of the molecule is CCCCC/C=C\C/C=C\CCCCCCCC(=O)OC1C(OCC(COC(=O)CCCCCCCCCCCCCCC)OC(=O)CCCCCCCCCCC)OC(C(=O)O)C(O)C1O. The minimum absolute atomic E-state index is 0.0488. The fraction of sp³-hybridized carbons (Fsp3) is 0.855. The summed E-state index contributed by atoms with van der Waals surface area (Å²) in [6.45, 7) is 5.93. The van der Waals surface area contributed by atoms with Crippen molar-refractivity contribution in [2.45, 2.75) is 289 Å². The van der Waals surface area contributed by atoms with Crippen molar-refractivity contribution < 1.29 is 58.2 Å². The largest absolute Gasteiger partial charge is 0.479 e. The van der Waals surface area contributed by atoms with Crippen LogP contribution in [0.5, 0.6) is 0 Å². The normalized spacial score (nSPS) is 19.0. The second-order valence-corrected chi connectivity index (χ2v) is 18.9. The molecule has 12 heteroatoms. The van der Waals surface area contributed by atoms with E-state index < -0.39 is 67.3 Å². The molecule has 3 N–H and O–H groups in total. The molecule has 6 unspecified atom stereocenters. The molecule has 0 aromatic rings. The van der Waals surface area contributed by atoms with Gasteiger partial charge in [-0.3, -0.25) is 14.4 Å². The molecule has 67 heavy (non-hydrogen) atoms. The van der Waals surface area contributed by atoms with Gasteiger partial charge in [-0.15, -0.1) is 0 Å². The van der Waals surface area contributed by atoms with Gasteiger partial charge in [0.25, 0.3) is 0 Å². The molecule has 0 spiro atoms. The Morgan fingerprint density at radius 1 is 0.493 bits per heavy atom. The molecular formula is C55H98O12. The van der Waals surface area contributed by atoms with Crippen LogP contribution in [0.4, 0.5) is 0 Å². The van der Waals surface area contributed by atoms with Gasteiger partial charge >= 0.3 is 23.9 Å². The van der Waals surface area contributed by atoms with Crippen molar-refractivity contribution >= 4 is 23.9 Å². The van der Waals surface area contributed by atoms with E-state index in [0.29, 0.717) is 19.3 Å². The van der Waals surface area contributed by atoms with E-state index in [1.165, 1.54) is 109 Å². The molecule has 1 saturated heterocycles. The molecule has 12 nitrogen and oxygen atoms in total. The third kappa shape index (κ3) is 35.0. The minimum atomic E-state index is -1.90. The van der Waals surface area contributed by atoms with E-state index in [-0.39, 0.29) is 25.9 Å². The first kappa shape index (κ1) is 62.2. The summed E-state index contributed by atoms with van der Waals surface area (Å²) in [4.78, 5) is 50.8. The van der Waals surface area contributed by atoms with Gasteiger partial charge in [0.1, 0.15) is 18.8 Å². The van der Waals surface area contributed by atoms with Crippen LogP contribution in [-0.2, 0) is 42.9 Å². The summed E-state index contributed by atoms with van der Waals surface area (Å²) in [5, 5.41) is 31.3. The Morgan fingerprint density at radius 3 is 1.37 bits per heavy atom. The number of aliphatic carboxylic acids is 1. The van der Waals surface area contributed by atoms with Crippen LogP contribution in [0.2, 0.25) is 0 Å². The highest BCUT2D eigenvalue weighted by molar-refractivity contribution is 5.74. The van der Waals surface area contributed by atoms with Gasteiger partial charge in [0.15, 0.2) is 24.6 Å². The van der Waals surface area contributed by atoms with Crippen molar-refractivity contribution in [3.05, 3.63) is 24.3 Å². The summed E-state index contributed by atoms with van der Waals surface area (Å²) < 4.78 is 28.3. The van der Waals surface area contributed by atoms with Gasteiger partial charge in [0.05, 0.1) is 6.61 Å². The standard InChI is InChI=1S/C55H98O12/c1-4-7-10-13-16-19-21-23-24-26-28-31-34-37-40-43-49(58)66-53-51(60)50(59)52(54(61)62)67-55(53)64-45-46(65-48(57)42-39-36-33-29-18-15-12-9-6-3)44-63-47(56)41-38-35-32-30-27-25-22-20-17-14-11-8-5-2/h16,19,23-24,46,50-53,55,59-60H,4-15,17-18,20-22,25-45H2,1-3H3,(H,61,62)/b19-16-,24-23-. The number of ether oxygens (including phenoxy) is 5. The highest BCUT2D eigenvalue weighted by Gasteiger charge is 2.50. The Morgan fingerprint density at radius 2 is 0.896 bits per heavy atom. The van der Waals surface area contributed by atoms with Gasteiger partial charge in [0.2, 0.25) is 0 Å². The zero-order chi connectivity index (χ0) is 49.0. The molecule has 0 aromatic carbocycles. The Kier molecular flexibility index (Phi) is 41.2. The van der Waals surface area contributed by atoms with E-state index in [2.05, 4.69) is 45.1 Å². The lowest BCUT2D eigenvalue weighted by Crippen LogP contribution is -2.61. The lowest BCUT2D eigenvalue weighted by Gasteiger charge is -2.40. The van der Waals surface area contributed by atoms with E-state index in [0.717, 1.165) is 83.5 Å². The van der Waals surface area contributed by atoms with E-state index >= 15 is 0 Å². The van der Waals surface area contributed by atoms with E-state index in [4.69, 9.17) is 23.7 Å². The average molecular weight is 951 g/mol. The highest BCUT2D eigenvalue weighted by Crippen LogP contribution is 2.26. The number of carbonyl (C=O) groups is 4. The third-order valence-corrected chi connectivity index (χ3v) is 12.5. The molecule has 1 heterocycles. The van der Waals surface area contributed by atoms with Crippen molar-refractivity contribution in [2.75, 3.05) is 13.2 Å². The van der Waals surface area contributed by atoms with Crippen LogP contribution < -0.4 is 0 Å². The summed E-state index contributed by atoms with van der Waals surface area (Å²) in [5.74, 6) is -3.12. The molecular weight excluding hydrogens is 853 g/mol. The topological polar surface area (TPSA) is 175 Å². The van der Waals surface area contributed by atoms with Crippen LogP contribution in [0, 0.1) is 0 Å². The maximum Gasteiger partial charge on any atom is 0.335 e. The minimum Gasteiger partial charge on any atom is -0.479 e. The van der Waals surface area contributed by atoms with Gasteiger partial charge in [-0.25, -0.2) is 4.79 Å². The lowest BCUT2D eigenvalue weighted by molar-refractivity contribution is -0.301. The quantitative estimate of drug-likeness (QED) is 0.0228. The molecule has 1 aliphatic rings. The number of hydrogen-bond donors (Lipinski definition) is 3. The van der Waals surface area contributed by atoms with Gasteiger partial charge in [0, 0.05) is 19.3 Å². The van der Waals surface area contributed by atoms with E-state index in [9.17, 15) is 34.5 Å². The Hall–Kier alpha value is -2.80. The first-order valence-corrected chi connectivity index (χ1v) is 27.3. The first-order valence-electron chi connectivity index (χ1n) is 27.3. The monoisotopic (exact) mass is 951 g/mol. The smallest absolute Gasteiger partial charge is 0.335 e. The van der Waals surface area contributed by atoms with E-state index in [1.54, 1.807) is 0 Å². The molecule has 1 fully saturated rings. The molecule has 0 saturated carbocycles. The number of unbranched alkanes of at least 4 members (excludes halogenated alkanes) is 28. The summed E-state index contributed by atoms with van der Waals surface area (Å²) in [6.07, 6.45) is 35.9. The molecule has 0 bridgehead atoms. The number of allylic oxidation sites excluding steroid dienone is 4. The fourth-order valence-electron chi connectivity index (χ4n) is 8.28. The molecule has 390 valence electrons. The van der Waals surface area contributed by atoms with Crippen LogP contribution in [0.15, 0.2) is 24.3 Å². The van der Waals surface area contributed by atoms with Crippen molar-refractivity contribution in [2.24, 2.45) is 0 Å². The van der Waals surface area contributed by atoms with Crippen LogP contribution in [0.1, 0.15) is 252 Å². The predicted octanol–water partition coefficient (Wildman–Crippen LogP) is 13.1. The summed E-state index contributed by atoms with van der Waals surface area (Å²) >= 11 is 0. The van der Waals surface area contributed by atoms with Crippen LogP contribution >= 0.6 is 0 Å². The lowest BCUT2D eigenvalue weighted by atomic mass is 9.98. The highest BCUT2D eigenvalue weighted by atomic mass is 16.7. The van der Waals surface area contributed by atoms with Gasteiger partial charge in [-0.1, -0.05) is 206 Å². The molecule has 0 aromatic heterocycles. The number of carboxylic acids is 1. The predicted molar refractivity (Wildman–Crippen MR) is 266 cm³/mol. The van der Waals surface area contributed by atoms with Crippen molar-refractivity contribution in [3.63, 3.8) is 0 Å². The first-order chi connectivity index (χ1) is 32.6. The van der Waals surface area contributed by atoms with Crippen LogP contribution in [0.25, 0.3) is 0 Å². The van der Waals surface area contributed by atoms with Gasteiger partial charge in [-0.2, -0.15) is 0 Å². The van der Waals surface area contributed by atoms with Crippen molar-refractivity contribution in [3.8, 4) is 0 Å². The Bertz CT molecular complexity index is 1270. The zero-order valence-corrected chi connectivity index (χ0v) is 42.7. The molecule has 1 rings (SSSR count). The summed E-state index contributed by atoms with van der Waals surface area (Å²) in [7, 11) is 0. The third-order valence-electron chi connectivity index (χ3n) is 12.5. The number of carboxylic acid groups (broad SMARTS) is 1. The van der Waals surface area contributed by atoms with Crippen LogP contribution in [0.3, 0.4) is 0 Å². The molecule has 1 aliphatic heterocycles. The molecule has 0 amide bonds. The van der Waals surface area contributed by atoms with Gasteiger partial charge < -0.3 is 39.0 Å². The molecule has 0 aliphatic carbocycles. The number of carbonyl (C=O) groups excluding carboxylic acids is 3.